The first kappa shape index (κ1) is 15.2. The van der Waals surface area contributed by atoms with Crippen LogP contribution in [0, 0.1) is 0 Å². The lowest BCUT2D eigenvalue weighted by Crippen LogP contribution is -2.30. The third-order valence-corrected chi connectivity index (χ3v) is 2.98. The van der Waals surface area contributed by atoms with Crippen molar-refractivity contribution in [1.29, 1.82) is 0 Å². The molecular formula is C15H19NO5. The zero-order chi connectivity index (χ0) is 15.2. The number of amides is 1. The van der Waals surface area contributed by atoms with Crippen LogP contribution in [0.4, 0.5) is 0 Å². The highest BCUT2D eigenvalue weighted by Gasteiger charge is 2.23. The predicted molar refractivity (Wildman–Crippen MR) is 75.6 cm³/mol. The standard InChI is InChI=1S/C15H19NO5/c1-3-20-12-7-4-10(8-13(12)19-2)15(18)21-9-14(17)16-11-5-6-11/h4,7-8,11H,3,5-6,9H2,1-2H3,(H,16,17). The third-order valence-electron chi connectivity index (χ3n) is 2.98. The smallest absolute Gasteiger partial charge is 0.338 e. The van der Waals surface area contributed by atoms with Gasteiger partial charge in [-0.25, -0.2) is 4.79 Å². The second kappa shape index (κ2) is 6.97. The average molecular weight is 293 g/mol. The first-order chi connectivity index (χ1) is 10.1. The summed E-state index contributed by atoms with van der Waals surface area (Å²) in [4.78, 5) is 23.3. The molecule has 1 N–H and O–H groups in total. The van der Waals surface area contributed by atoms with E-state index >= 15 is 0 Å². The zero-order valence-corrected chi connectivity index (χ0v) is 12.2. The van der Waals surface area contributed by atoms with E-state index < -0.39 is 5.97 Å². The van der Waals surface area contributed by atoms with E-state index in [1.54, 1.807) is 12.1 Å². The maximum Gasteiger partial charge on any atom is 0.338 e. The Morgan fingerprint density at radius 2 is 2.05 bits per heavy atom. The topological polar surface area (TPSA) is 73.9 Å². The molecule has 0 atom stereocenters. The molecule has 0 unspecified atom stereocenters. The number of ether oxygens (including phenoxy) is 3. The van der Waals surface area contributed by atoms with Gasteiger partial charge in [-0.05, 0) is 38.0 Å². The molecule has 1 aliphatic carbocycles. The van der Waals surface area contributed by atoms with Gasteiger partial charge in [0, 0.05) is 6.04 Å². The van der Waals surface area contributed by atoms with E-state index in [0.29, 0.717) is 23.7 Å². The van der Waals surface area contributed by atoms with Gasteiger partial charge in [-0.1, -0.05) is 0 Å². The van der Waals surface area contributed by atoms with E-state index in [2.05, 4.69) is 5.32 Å². The molecule has 0 spiro atoms. The van der Waals surface area contributed by atoms with E-state index in [0.717, 1.165) is 12.8 Å². The fourth-order valence-electron chi connectivity index (χ4n) is 1.78. The molecule has 1 amide bonds. The van der Waals surface area contributed by atoms with Crippen LogP contribution < -0.4 is 14.8 Å². The largest absolute Gasteiger partial charge is 0.493 e. The van der Waals surface area contributed by atoms with Crippen molar-refractivity contribution in [1.82, 2.24) is 5.32 Å². The SMILES string of the molecule is CCOc1ccc(C(=O)OCC(=O)NC2CC2)cc1OC. The van der Waals surface area contributed by atoms with E-state index in [-0.39, 0.29) is 18.6 Å². The summed E-state index contributed by atoms with van der Waals surface area (Å²) in [6.45, 7) is 2.09. The maximum atomic E-state index is 11.9. The molecule has 0 aromatic heterocycles. The summed E-state index contributed by atoms with van der Waals surface area (Å²) in [5.41, 5.74) is 0.314. The molecule has 21 heavy (non-hydrogen) atoms. The van der Waals surface area contributed by atoms with Gasteiger partial charge in [0.05, 0.1) is 19.3 Å². The highest BCUT2D eigenvalue weighted by molar-refractivity contribution is 5.92. The Bertz CT molecular complexity index is 525. The summed E-state index contributed by atoms with van der Waals surface area (Å²) >= 11 is 0. The highest BCUT2D eigenvalue weighted by atomic mass is 16.5. The summed E-state index contributed by atoms with van der Waals surface area (Å²) in [5.74, 6) is 0.169. The monoisotopic (exact) mass is 293 g/mol. The number of carbonyl (C=O) groups is 2. The highest BCUT2D eigenvalue weighted by Crippen LogP contribution is 2.28. The van der Waals surface area contributed by atoms with Crippen molar-refractivity contribution in [2.45, 2.75) is 25.8 Å². The Kier molecular flexibility index (Phi) is 5.03. The van der Waals surface area contributed by atoms with Crippen molar-refractivity contribution >= 4 is 11.9 Å². The predicted octanol–water partition coefficient (Wildman–Crippen LogP) is 1.53. The third kappa shape index (κ3) is 4.37. The van der Waals surface area contributed by atoms with Crippen molar-refractivity contribution in [3.8, 4) is 11.5 Å². The molecule has 1 aromatic carbocycles. The Hall–Kier alpha value is -2.24. The van der Waals surface area contributed by atoms with E-state index in [1.807, 2.05) is 6.92 Å². The molecule has 0 bridgehead atoms. The number of benzene rings is 1. The molecule has 114 valence electrons. The molecule has 0 radical (unpaired) electrons. The fraction of sp³-hybridized carbons (Fsp3) is 0.467. The van der Waals surface area contributed by atoms with Crippen LogP contribution in [0.3, 0.4) is 0 Å². The molecule has 1 saturated carbocycles. The lowest BCUT2D eigenvalue weighted by atomic mass is 10.2. The minimum Gasteiger partial charge on any atom is -0.493 e. The first-order valence-electron chi connectivity index (χ1n) is 6.91. The number of nitrogens with one attached hydrogen (secondary N) is 1. The molecule has 0 heterocycles. The molecule has 1 aromatic rings. The van der Waals surface area contributed by atoms with Gasteiger partial charge >= 0.3 is 5.97 Å². The molecule has 1 fully saturated rings. The van der Waals surface area contributed by atoms with Gasteiger partial charge < -0.3 is 19.5 Å². The Labute approximate surface area is 123 Å². The molecule has 1 aliphatic rings. The lowest BCUT2D eigenvalue weighted by Gasteiger charge is -2.11. The van der Waals surface area contributed by atoms with Gasteiger partial charge in [-0.3, -0.25) is 4.79 Å². The molecule has 6 heteroatoms. The zero-order valence-electron chi connectivity index (χ0n) is 12.2. The Morgan fingerprint density at radius 3 is 2.67 bits per heavy atom. The number of hydrogen-bond acceptors (Lipinski definition) is 5. The minimum absolute atomic E-state index is 0.252. The van der Waals surface area contributed by atoms with E-state index in [4.69, 9.17) is 14.2 Å². The van der Waals surface area contributed by atoms with Crippen LogP contribution in [-0.4, -0.2) is 38.2 Å². The van der Waals surface area contributed by atoms with Crippen molar-refractivity contribution in [3.63, 3.8) is 0 Å². The lowest BCUT2D eigenvalue weighted by molar-refractivity contribution is -0.124. The van der Waals surface area contributed by atoms with Gasteiger partial charge in [0.2, 0.25) is 0 Å². The summed E-state index contributed by atoms with van der Waals surface area (Å²) in [5, 5.41) is 2.75. The summed E-state index contributed by atoms with van der Waals surface area (Å²) in [6, 6.07) is 5.01. The molecule has 6 nitrogen and oxygen atoms in total. The number of rotatable bonds is 7. The maximum absolute atomic E-state index is 11.9. The summed E-state index contributed by atoms with van der Waals surface area (Å²) < 4.78 is 15.5. The van der Waals surface area contributed by atoms with E-state index in [9.17, 15) is 9.59 Å². The van der Waals surface area contributed by atoms with Crippen molar-refractivity contribution in [2.75, 3.05) is 20.3 Å². The Balaban J connectivity index is 1.93. The molecular weight excluding hydrogens is 274 g/mol. The number of carbonyl (C=O) groups excluding carboxylic acids is 2. The van der Waals surface area contributed by atoms with Crippen molar-refractivity contribution in [3.05, 3.63) is 23.8 Å². The normalized spacial score (nSPS) is 13.4. The second-order valence-electron chi connectivity index (χ2n) is 4.72. The fourth-order valence-corrected chi connectivity index (χ4v) is 1.78. The summed E-state index contributed by atoms with van der Waals surface area (Å²) in [6.07, 6.45) is 1.99. The number of hydrogen-bond donors (Lipinski definition) is 1. The van der Waals surface area contributed by atoms with Crippen LogP contribution >= 0.6 is 0 Å². The average Bonchev–Trinajstić information content (AvgIpc) is 3.29. The van der Waals surface area contributed by atoms with Crippen molar-refractivity contribution < 1.29 is 23.8 Å². The van der Waals surface area contributed by atoms with Gasteiger partial charge in [-0.15, -0.1) is 0 Å². The van der Waals surface area contributed by atoms with Crippen LogP contribution in [0.25, 0.3) is 0 Å². The van der Waals surface area contributed by atoms with Gasteiger partial charge in [0.15, 0.2) is 18.1 Å². The van der Waals surface area contributed by atoms with Crippen LogP contribution in [0.1, 0.15) is 30.1 Å². The van der Waals surface area contributed by atoms with Crippen LogP contribution in [-0.2, 0) is 9.53 Å². The Morgan fingerprint density at radius 1 is 1.29 bits per heavy atom. The van der Waals surface area contributed by atoms with Gasteiger partial charge in [-0.2, -0.15) is 0 Å². The van der Waals surface area contributed by atoms with Crippen LogP contribution in [0.5, 0.6) is 11.5 Å². The summed E-state index contributed by atoms with van der Waals surface area (Å²) in [7, 11) is 1.50. The van der Waals surface area contributed by atoms with Gasteiger partial charge in [0.1, 0.15) is 0 Å². The molecule has 0 aliphatic heterocycles. The van der Waals surface area contributed by atoms with E-state index in [1.165, 1.54) is 13.2 Å². The van der Waals surface area contributed by atoms with Crippen molar-refractivity contribution in [2.24, 2.45) is 0 Å². The number of esters is 1. The minimum atomic E-state index is -0.567. The molecule has 2 rings (SSSR count). The van der Waals surface area contributed by atoms with Crippen LogP contribution in [0.2, 0.25) is 0 Å². The number of methoxy groups -OCH3 is 1. The van der Waals surface area contributed by atoms with Crippen LogP contribution in [0.15, 0.2) is 18.2 Å². The molecule has 0 saturated heterocycles. The quantitative estimate of drug-likeness (QED) is 0.772. The second-order valence-corrected chi connectivity index (χ2v) is 4.72. The first-order valence-corrected chi connectivity index (χ1v) is 6.91. The van der Waals surface area contributed by atoms with Gasteiger partial charge in [0.25, 0.3) is 5.91 Å².